The van der Waals surface area contributed by atoms with Crippen LogP contribution in [-0.4, -0.2) is 86.0 Å². The first-order valence-electron chi connectivity index (χ1n) is 18.2. The van der Waals surface area contributed by atoms with Gasteiger partial charge >= 0.3 is 11.4 Å². The summed E-state index contributed by atoms with van der Waals surface area (Å²) in [4.78, 5) is 55.3. The molecule has 308 valence electrons. The molecule has 3 aliphatic heterocycles. The zero-order valence-corrected chi connectivity index (χ0v) is 36.5. The van der Waals surface area contributed by atoms with Crippen LogP contribution in [0.5, 0.6) is 0 Å². The fraction of sp³-hybridized carbons (Fsp3) is 0.611. The standard InChI is InChI=1S/C36H53N5O12SSi2/c1-22-17-41(33(46)39(30(22)44)16-12-13-23-18-40(32(45)38-29(23)43)27-15-14-24(19-42)50-27)31-28(52-56(10,11)35(5,6)7)36(25(37)21-54(47,48)53-36)26(51-31)20-49-55(8,9)34(2,3)4/h14-15,17-18,21,24,26-28,31,42H,16,19-20,37H2,1-11H3,(H,38,43,45)/t24-,26+,27+,28-,31+,36+/m0/s1. The second kappa shape index (κ2) is 14.9. The van der Waals surface area contributed by atoms with Crippen molar-refractivity contribution < 1.29 is 36.0 Å². The maximum Gasteiger partial charge on any atom is 0.334 e. The van der Waals surface area contributed by atoms with Gasteiger partial charge < -0.3 is 29.2 Å². The van der Waals surface area contributed by atoms with Gasteiger partial charge in [-0.25, -0.2) is 18.3 Å². The SMILES string of the molecule is Cc1cn([C@@H]2O[C@H](CO[Si](C)(C)C(C)(C)C)[C@@]3(OS(=O)(=O)C=C3N)[C@H]2O[Si](C)(C)C(C)(C)C)c(=O)n(CC#Cc2cn([C@H]3C=C[C@@H](CO)O3)c(=O)[nH]c2=O)c1=O. The van der Waals surface area contributed by atoms with Gasteiger partial charge in [-0.1, -0.05) is 59.5 Å². The Morgan fingerprint density at radius 3 is 2.18 bits per heavy atom. The Balaban J connectivity index is 1.61. The van der Waals surface area contributed by atoms with Crippen molar-refractivity contribution in [1.29, 1.82) is 0 Å². The smallest absolute Gasteiger partial charge is 0.334 e. The molecule has 1 fully saturated rings. The van der Waals surface area contributed by atoms with Gasteiger partial charge in [-0.2, -0.15) is 8.42 Å². The van der Waals surface area contributed by atoms with E-state index in [2.05, 4.69) is 37.6 Å². The summed E-state index contributed by atoms with van der Waals surface area (Å²) in [5.41, 5.74) is 1.34. The lowest BCUT2D eigenvalue weighted by atomic mass is 9.89. The molecular weight excluding hydrogens is 783 g/mol. The lowest BCUT2D eigenvalue weighted by Gasteiger charge is -2.43. The van der Waals surface area contributed by atoms with Crippen molar-refractivity contribution >= 4 is 26.8 Å². The summed E-state index contributed by atoms with van der Waals surface area (Å²) in [5.74, 6) is 5.33. The van der Waals surface area contributed by atoms with Crippen molar-refractivity contribution in [3.63, 3.8) is 0 Å². The maximum absolute atomic E-state index is 14.4. The van der Waals surface area contributed by atoms with Gasteiger partial charge in [0.2, 0.25) is 0 Å². The van der Waals surface area contributed by atoms with E-state index in [1.807, 2.05) is 47.0 Å². The highest BCUT2D eigenvalue weighted by Crippen LogP contribution is 2.52. The summed E-state index contributed by atoms with van der Waals surface area (Å²) in [6.07, 6.45) is 0.235. The molecular formula is C36H53N5O12SSi2. The highest BCUT2D eigenvalue weighted by Gasteiger charge is 2.67. The van der Waals surface area contributed by atoms with Crippen molar-refractivity contribution in [1.82, 2.24) is 18.7 Å². The third-order valence-corrected chi connectivity index (χ3v) is 21.4. The maximum atomic E-state index is 14.4. The zero-order valence-electron chi connectivity index (χ0n) is 33.7. The van der Waals surface area contributed by atoms with Crippen LogP contribution >= 0.6 is 0 Å². The van der Waals surface area contributed by atoms with Gasteiger partial charge in [0.15, 0.2) is 34.7 Å². The van der Waals surface area contributed by atoms with E-state index >= 15 is 0 Å². The number of nitrogens with one attached hydrogen (secondary N) is 1. The van der Waals surface area contributed by atoms with E-state index in [9.17, 15) is 32.7 Å². The third kappa shape index (κ3) is 8.06. The predicted molar refractivity (Wildman–Crippen MR) is 212 cm³/mol. The quantitative estimate of drug-likeness (QED) is 0.142. The molecule has 0 amide bonds. The van der Waals surface area contributed by atoms with Crippen LogP contribution in [0, 0.1) is 18.8 Å². The second-order valence-corrected chi connectivity index (χ2v) is 28.3. The largest absolute Gasteiger partial charge is 0.414 e. The molecule has 6 atom stereocenters. The molecule has 5 rings (SSSR count). The van der Waals surface area contributed by atoms with Gasteiger partial charge in [-0.3, -0.25) is 23.7 Å². The van der Waals surface area contributed by atoms with Gasteiger partial charge in [-0.15, -0.1) is 0 Å². The second-order valence-electron chi connectivity index (χ2n) is 17.4. The summed E-state index contributed by atoms with van der Waals surface area (Å²) in [7, 11) is -9.64. The number of hydrogen-bond donors (Lipinski definition) is 3. The Morgan fingerprint density at radius 1 is 0.982 bits per heavy atom. The molecule has 0 unspecified atom stereocenters. The molecule has 17 nitrogen and oxygen atoms in total. The van der Waals surface area contributed by atoms with E-state index in [4.69, 9.17) is 28.2 Å². The number of H-pyrrole nitrogens is 1. The Bertz CT molecular complexity index is 2360. The number of nitrogens with two attached hydrogens (primary N) is 1. The number of ether oxygens (including phenoxy) is 2. The minimum atomic E-state index is -4.33. The average Bonchev–Trinajstić information content (AvgIpc) is 3.73. The lowest BCUT2D eigenvalue weighted by Crippen LogP contribution is -2.59. The first-order chi connectivity index (χ1) is 25.7. The lowest BCUT2D eigenvalue weighted by molar-refractivity contribution is -0.0567. The number of aromatic amines is 1. The molecule has 5 heterocycles. The van der Waals surface area contributed by atoms with E-state index in [1.54, 1.807) is 12.2 Å². The minimum Gasteiger partial charge on any atom is -0.414 e. The van der Waals surface area contributed by atoms with Gasteiger partial charge in [0.1, 0.15) is 23.9 Å². The van der Waals surface area contributed by atoms with Crippen LogP contribution in [-0.2, 0) is 39.2 Å². The molecule has 20 heteroatoms. The average molecular weight is 836 g/mol. The summed E-state index contributed by atoms with van der Waals surface area (Å²) in [6.45, 7) is 20.7. The van der Waals surface area contributed by atoms with Gasteiger partial charge in [0.25, 0.3) is 21.2 Å². The van der Waals surface area contributed by atoms with Crippen molar-refractivity contribution in [2.75, 3.05) is 13.2 Å². The summed E-state index contributed by atoms with van der Waals surface area (Å²) >= 11 is 0. The van der Waals surface area contributed by atoms with Crippen LogP contribution in [0.25, 0.3) is 0 Å². The molecule has 0 saturated carbocycles. The number of aliphatic hydroxyl groups is 1. The van der Waals surface area contributed by atoms with Crippen LogP contribution in [0.3, 0.4) is 0 Å². The van der Waals surface area contributed by atoms with Crippen molar-refractivity contribution in [2.24, 2.45) is 5.73 Å². The normalized spacial score (nSPS) is 26.4. The predicted octanol–water partition coefficient (Wildman–Crippen LogP) is 1.87. The topological polar surface area (TPSA) is 225 Å². The van der Waals surface area contributed by atoms with E-state index in [0.29, 0.717) is 0 Å². The van der Waals surface area contributed by atoms with Gasteiger partial charge in [0.05, 0.1) is 30.9 Å². The molecule has 0 aliphatic carbocycles. The number of aliphatic hydroxyl groups excluding tert-OH is 1. The van der Waals surface area contributed by atoms with Crippen molar-refractivity contribution in [3.8, 4) is 11.8 Å². The highest BCUT2D eigenvalue weighted by atomic mass is 32.2. The molecule has 0 bridgehead atoms. The van der Waals surface area contributed by atoms with Crippen LogP contribution in [0.2, 0.25) is 36.3 Å². The fourth-order valence-electron chi connectivity index (χ4n) is 6.02. The Morgan fingerprint density at radius 2 is 1.62 bits per heavy atom. The number of nitrogens with zero attached hydrogens (tertiary/aromatic N) is 3. The monoisotopic (exact) mass is 835 g/mol. The van der Waals surface area contributed by atoms with E-state index in [-0.39, 0.29) is 35.1 Å². The van der Waals surface area contributed by atoms with Crippen molar-refractivity contribution in [3.05, 3.63) is 88.5 Å². The molecule has 1 saturated heterocycles. The molecule has 0 aromatic carbocycles. The Hall–Kier alpha value is -3.66. The van der Waals surface area contributed by atoms with E-state index < -0.39 is 97.2 Å². The van der Waals surface area contributed by atoms with E-state index in [0.717, 1.165) is 19.1 Å². The molecule has 0 radical (unpaired) electrons. The number of aryl methyl sites for hydroxylation is 1. The van der Waals surface area contributed by atoms with E-state index in [1.165, 1.54) is 19.3 Å². The molecule has 4 N–H and O–H groups in total. The van der Waals surface area contributed by atoms with Gasteiger partial charge in [0, 0.05) is 18.0 Å². The molecule has 56 heavy (non-hydrogen) atoms. The van der Waals surface area contributed by atoms with Crippen LogP contribution in [0.4, 0.5) is 0 Å². The van der Waals surface area contributed by atoms with Crippen LogP contribution in [0.15, 0.2) is 54.8 Å². The third-order valence-electron chi connectivity index (χ3n) is 11.4. The minimum absolute atomic E-state index is 0.120. The Labute approximate surface area is 327 Å². The summed E-state index contributed by atoms with van der Waals surface area (Å²) < 4.78 is 61.0. The summed E-state index contributed by atoms with van der Waals surface area (Å²) in [6, 6.07) is 0. The van der Waals surface area contributed by atoms with Crippen molar-refractivity contribution in [2.45, 2.75) is 128 Å². The zero-order chi connectivity index (χ0) is 42.0. The first-order valence-corrected chi connectivity index (χ1v) is 25.5. The Kier molecular flexibility index (Phi) is 11.6. The summed E-state index contributed by atoms with van der Waals surface area (Å²) in [5, 5.41) is 9.60. The first kappa shape index (κ1) is 43.5. The van der Waals surface area contributed by atoms with Crippen LogP contribution < -0.4 is 28.2 Å². The molecule has 3 aliphatic rings. The highest BCUT2D eigenvalue weighted by molar-refractivity contribution is 7.90. The number of aromatic nitrogens is 4. The number of rotatable bonds is 9. The fourth-order valence-corrected chi connectivity index (χ4v) is 9.53. The van der Waals surface area contributed by atoms with Gasteiger partial charge in [-0.05, 0) is 49.3 Å². The molecule has 2 aromatic heterocycles. The number of hydrogen-bond acceptors (Lipinski definition) is 13. The van der Waals surface area contributed by atoms with Crippen LogP contribution in [0.1, 0.15) is 65.1 Å². The molecule has 1 spiro atoms. The molecule has 2 aromatic rings.